The molecule has 2 aromatic rings. The number of amides is 1. The highest BCUT2D eigenvalue weighted by atomic mass is 16.5. The van der Waals surface area contributed by atoms with Crippen LogP contribution in [0.25, 0.3) is 0 Å². The lowest BCUT2D eigenvalue weighted by atomic mass is 10.0. The van der Waals surface area contributed by atoms with Crippen molar-refractivity contribution in [3.63, 3.8) is 0 Å². The molecule has 3 nitrogen and oxygen atoms in total. The van der Waals surface area contributed by atoms with E-state index in [1.165, 1.54) is 35.0 Å². The summed E-state index contributed by atoms with van der Waals surface area (Å²) in [6.07, 6.45) is 4.87. The van der Waals surface area contributed by atoms with Crippen LogP contribution < -0.4 is 5.48 Å². The molecule has 0 atom stereocenters. The van der Waals surface area contributed by atoms with E-state index in [-0.39, 0.29) is 6.41 Å². The molecule has 2 aromatic carbocycles. The van der Waals surface area contributed by atoms with E-state index in [0.717, 1.165) is 12.8 Å². The molecule has 0 unspecified atom stereocenters. The van der Waals surface area contributed by atoms with Crippen LogP contribution >= 0.6 is 0 Å². The number of aryl methyl sites for hydroxylation is 3. The van der Waals surface area contributed by atoms with Crippen molar-refractivity contribution in [2.45, 2.75) is 32.6 Å². The third kappa shape index (κ3) is 7.28. The molecule has 0 aliphatic carbocycles. The number of hydroxylamine groups is 1. The zero-order valence-electron chi connectivity index (χ0n) is 12.5. The van der Waals surface area contributed by atoms with E-state index in [4.69, 9.17) is 10.0 Å². The number of nitrogens with one attached hydrogen (secondary N) is 1. The Hall–Kier alpha value is -2.13. The fourth-order valence-corrected chi connectivity index (χ4v) is 2.09. The Bertz CT molecular complexity index is 494. The van der Waals surface area contributed by atoms with Crippen LogP contribution in [0.2, 0.25) is 0 Å². The molecule has 112 valence electrons. The van der Waals surface area contributed by atoms with Crippen molar-refractivity contribution >= 4 is 6.41 Å². The minimum atomic E-state index is 0.181. The summed E-state index contributed by atoms with van der Waals surface area (Å²) in [5.74, 6) is 0. The fourth-order valence-electron chi connectivity index (χ4n) is 2.09. The van der Waals surface area contributed by atoms with Gasteiger partial charge in [0.05, 0.1) is 0 Å². The Morgan fingerprint density at radius 3 is 1.71 bits per heavy atom. The minimum absolute atomic E-state index is 0.181. The fraction of sp³-hybridized carbons (Fsp3) is 0.278. The second-order valence-electron chi connectivity index (χ2n) is 4.80. The van der Waals surface area contributed by atoms with Gasteiger partial charge in [0.1, 0.15) is 0 Å². The number of benzene rings is 2. The Labute approximate surface area is 126 Å². The lowest BCUT2D eigenvalue weighted by Crippen LogP contribution is -1.99. The average Bonchev–Trinajstić information content (AvgIpc) is 2.56. The van der Waals surface area contributed by atoms with Gasteiger partial charge >= 0.3 is 0 Å². The summed E-state index contributed by atoms with van der Waals surface area (Å²) in [5.41, 5.74) is 5.56. The Kier molecular flexibility index (Phi) is 8.57. The number of carbonyl (C=O) groups excluding carboxylic acids is 1. The summed E-state index contributed by atoms with van der Waals surface area (Å²) >= 11 is 0. The highest BCUT2D eigenvalue weighted by Crippen LogP contribution is 2.10. The van der Waals surface area contributed by atoms with E-state index >= 15 is 0 Å². The molecule has 0 spiro atoms. The third-order valence-electron chi connectivity index (χ3n) is 3.16. The van der Waals surface area contributed by atoms with Crippen LogP contribution in [0.3, 0.4) is 0 Å². The van der Waals surface area contributed by atoms with Gasteiger partial charge in [-0.25, -0.2) is 5.48 Å². The first-order valence-electron chi connectivity index (χ1n) is 7.25. The molecule has 2 N–H and O–H groups in total. The SMILES string of the molecule is CCCc1ccc(CCc2ccccc2)cc1.O=CNO. The van der Waals surface area contributed by atoms with E-state index in [2.05, 4.69) is 61.5 Å². The van der Waals surface area contributed by atoms with Crippen LogP contribution in [0.1, 0.15) is 30.0 Å². The van der Waals surface area contributed by atoms with E-state index in [1.54, 1.807) is 0 Å². The van der Waals surface area contributed by atoms with E-state index < -0.39 is 0 Å². The van der Waals surface area contributed by atoms with Crippen LogP contribution in [0.4, 0.5) is 0 Å². The largest absolute Gasteiger partial charge is 0.289 e. The number of hydrogen-bond donors (Lipinski definition) is 2. The molecule has 0 fully saturated rings. The quantitative estimate of drug-likeness (QED) is 0.484. The van der Waals surface area contributed by atoms with Crippen molar-refractivity contribution in [1.82, 2.24) is 5.48 Å². The number of rotatable bonds is 6. The van der Waals surface area contributed by atoms with Crippen molar-refractivity contribution in [1.29, 1.82) is 0 Å². The molecule has 2 rings (SSSR count). The predicted octanol–water partition coefficient (Wildman–Crippen LogP) is 3.55. The van der Waals surface area contributed by atoms with Crippen LogP contribution in [0.5, 0.6) is 0 Å². The Balaban J connectivity index is 0.000000491. The summed E-state index contributed by atoms with van der Waals surface area (Å²) in [4.78, 5) is 8.81. The standard InChI is InChI=1S/C17H20.CH3NO2/c1-2-6-15-9-12-17(13-10-15)14-11-16-7-4-3-5-8-16;3-1-2-4/h3-5,7-10,12-13H,2,6,11,14H2,1H3;1,4H,(H,2,3). The maximum atomic E-state index is 8.81. The van der Waals surface area contributed by atoms with Gasteiger partial charge in [0.2, 0.25) is 6.41 Å². The van der Waals surface area contributed by atoms with Crippen molar-refractivity contribution in [3.05, 3.63) is 71.3 Å². The molecule has 0 saturated heterocycles. The first-order chi connectivity index (χ1) is 10.3. The van der Waals surface area contributed by atoms with Gasteiger partial charge in [-0.05, 0) is 36.0 Å². The van der Waals surface area contributed by atoms with Crippen LogP contribution in [0.15, 0.2) is 54.6 Å². The molecule has 21 heavy (non-hydrogen) atoms. The average molecular weight is 285 g/mol. The molecule has 3 heteroatoms. The molecule has 0 aliphatic rings. The molecule has 0 saturated carbocycles. The first-order valence-corrected chi connectivity index (χ1v) is 7.25. The highest BCUT2D eigenvalue weighted by molar-refractivity contribution is 5.43. The maximum absolute atomic E-state index is 8.81. The van der Waals surface area contributed by atoms with Gasteiger partial charge < -0.3 is 0 Å². The molecule has 0 aliphatic heterocycles. The lowest BCUT2D eigenvalue weighted by molar-refractivity contribution is -0.116. The van der Waals surface area contributed by atoms with Gasteiger partial charge in [-0.1, -0.05) is 67.9 Å². The summed E-state index contributed by atoms with van der Waals surface area (Å²) in [5, 5.41) is 7.26. The summed E-state index contributed by atoms with van der Waals surface area (Å²) < 4.78 is 0. The molecule has 1 amide bonds. The topological polar surface area (TPSA) is 49.3 Å². The van der Waals surface area contributed by atoms with Crippen LogP contribution in [-0.2, 0) is 24.1 Å². The monoisotopic (exact) mass is 285 g/mol. The molecule has 0 aromatic heterocycles. The van der Waals surface area contributed by atoms with Crippen molar-refractivity contribution in [3.8, 4) is 0 Å². The number of hydrogen-bond acceptors (Lipinski definition) is 2. The smallest absolute Gasteiger partial charge is 0.230 e. The van der Waals surface area contributed by atoms with Gasteiger partial charge in [-0.15, -0.1) is 0 Å². The summed E-state index contributed by atoms with van der Waals surface area (Å²) in [7, 11) is 0. The molecule has 0 radical (unpaired) electrons. The van der Waals surface area contributed by atoms with Crippen molar-refractivity contribution < 1.29 is 10.0 Å². The van der Waals surface area contributed by atoms with Gasteiger partial charge in [-0.2, -0.15) is 0 Å². The molecular formula is C18H23NO2. The molecule has 0 bridgehead atoms. The highest BCUT2D eigenvalue weighted by Gasteiger charge is 1.96. The van der Waals surface area contributed by atoms with Crippen molar-refractivity contribution in [2.24, 2.45) is 0 Å². The Morgan fingerprint density at radius 1 is 0.857 bits per heavy atom. The number of carbonyl (C=O) groups is 1. The second-order valence-corrected chi connectivity index (χ2v) is 4.80. The first kappa shape index (κ1) is 16.9. The van der Waals surface area contributed by atoms with Gasteiger partial charge in [0, 0.05) is 0 Å². The second kappa shape index (κ2) is 10.6. The lowest BCUT2D eigenvalue weighted by Gasteiger charge is -2.04. The predicted molar refractivity (Wildman–Crippen MR) is 85.3 cm³/mol. The minimum Gasteiger partial charge on any atom is -0.289 e. The van der Waals surface area contributed by atoms with Gasteiger partial charge in [-0.3, -0.25) is 10.0 Å². The van der Waals surface area contributed by atoms with Gasteiger partial charge in [0.15, 0.2) is 0 Å². The van der Waals surface area contributed by atoms with Gasteiger partial charge in [0.25, 0.3) is 0 Å². The summed E-state index contributed by atoms with van der Waals surface area (Å²) in [6.45, 7) is 2.23. The molecular weight excluding hydrogens is 262 g/mol. The van der Waals surface area contributed by atoms with E-state index in [0.29, 0.717) is 0 Å². The molecule has 0 heterocycles. The van der Waals surface area contributed by atoms with E-state index in [9.17, 15) is 0 Å². The third-order valence-corrected chi connectivity index (χ3v) is 3.16. The van der Waals surface area contributed by atoms with Crippen molar-refractivity contribution in [2.75, 3.05) is 0 Å². The van der Waals surface area contributed by atoms with E-state index in [1.807, 2.05) is 0 Å². The van der Waals surface area contributed by atoms with Crippen LogP contribution in [0, 0.1) is 0 Å². The summed E-state index contributed by atoms with van der Waals surface area (Å²) in [6, 6.07) is 19.8. The zero-order valence-corrected chi connectivity index (χ0v) is 12.5. The van der Waals surface area contributed by atoms with Crippen LogP contribution in [-0.4, -0.2) is 11.6 Å². The zero-order chi connectivity index (χ0) is 15.3. The maximum Gasteiger partial charge on any atom is 0.230 e. The normalized spacial score (nSPS) is 9.43. The Morgan fingerprint density at radius 2 is 1.29 bits per heavy atom.